The van der Waals surface area contributed by atoms with Crippen LogP contribution in [-0.4, -0.2) is 51.9 Å². The number of alkyl halides is 6. The predicted molar refractivity (Wildman–Crippen MR) is 180 cm³/mol. The Morgan fingerprint density at radius 2 is 1.16 bits per heavy atom. The number of hydrogen-bond donors (Lipinski definition) is 2. The molecule has 11 nitrogen and oxygen atoms in total. The highest BCUT2D eigenvalue weighted by Crippen LogP contribution is 2.38. The maximum absolute atomic E-state index is 13.0. The van der Waals surface area contributed by atoms with Gasteiger partial charge in [-0.3, -0.25) is 19.1 Å². The fraction of sp³-hybridized carbons (Fsp3) is 0.148. The van der Waals surface area contributed by atoms with Gasteiger partial charge in [0.25, 0.3) is 26.0 Å². The van der Waals surface area contributed by atoms with Crippen molar-refractivity contribution in [3.05, 3.63) is 102 Å². The molecule has 2 aromatic heterocycles. The molecule has 0 saturated heterocycles. The number of rotatable bonds is 8. The maximum Gasteiger partial charge on any atom is 0.417 e. The van der Waals surface area contributed by atoms with E-state index in [2.05, 4.69) is 30.6 Å². The van der Waals surface area contributed by atoms with Crippen LogP contribution >= 0.6 is 62.3 Å². The van der Waals surface area contributed by atoms with Crippen molar-refractivity contribution in [2.75, 3.05) is 23.6 Å². The molecule has 2 N–H and O–H groups in total. The zero-order valence-corrected chi connectivity index (χ0v) is 31.3. The number of nitrogens with one attached hydrogen (secondary N) is 2. The number of carbonyl (C=O) groups excluding carboxylic acids is 1. The van der Waals surface area contributed by atoms with Crippen LogP contribution in [0.2, 0.25) is 20.1 Å². The molecule has 276 valence electrons. The second-order valence-corrected chi connectivity index (χ2v) is 15.3. The lowest BCUT2D eigenvalue weighted by atomic mass is 10.2. The van der Waals surface area contributed by atoms with Gasteiger partial charge in [-0.2, -0.15) is 26.3 Å². The molecule has 2 aromatic carbocycles. The van der Waals surface area contributed by atoms with E-state index in [1.807, 2.05) is 4.72 Å². The van der Waals surface area contributed by atoms with Crippen molar-refractivity contribution >= 4 is 99.7 Å². The molecule has 51 heavy (non-hydrogen) atoms. The molecule has 4 aromatic rings. The number of hydroxylamine groups is 2. The molecule has 0 unspecified atom stereocenters. The molecule has 0 atom stereocenters. The molecule has 1 amide bonds. The van der Waals surface area contributed by atoms with Crippen LogP contribution in [0.4, 0.5) is 37.7 Å². The van der Waals surface area contributed by atoms with E-state index in [1.165, 1.54) is 26.4 Å². The molecule has 0 aliphatic carbocycles. The summed E-state index contributed by atoms with van der Waals surface area (Å²) in [6.07, 6.45) is -7.27. The minimum absolute atomic E-state index is 0.0126. The van der Waals surface area contributed by atoms with Crippen molar-refractivity contribution in [1.82, 2.24) is 15.0 Å². The lowest BCUT2D eigenvalue weighted by Gasteiger charge is -2.17. The normalized spacial score (nSPS) is 12.1. The van der Waals surface area contributed by atoms with Crippen LogP contribution in [0.25, 0.3) is 0 Å². The Bertz CT molecular complexity index is 2180. The molecular formula is C27H18BrCl4F6N5O6S2. The molecule has 0 aliphatic heterocycles. The van der Waals surface area contributed by atoms with Gasteiger partial charge in [0.05, 0.1) is 59.5 Å². The fourth-order valence-corrected chi connectivity index (χ4v) is 6.98. The summed E-state index contributed by atoms with van der Waals surface area (Å²) in [4.78, 5) is 23.2. The summed E-state index contributed by atoms with van der Waals surface area (Å²) >= 11 is 25.5. The number of halogens is 11. The summed E-state index contributed by atoms with van der Waals surface area (Å²) in [5, 5.41) is -0.340. The summed E-state index contributed by atoms with van der Waals surface area (Å²) in [6, 6.07) is 6.71. The third-order valence-corrected chi connectivity index (χ3v) is 10.4. The zero-order valence-electron chi connectivity index (χ0n) is 25.0. The molecule has 0 radical (unpaired) electrons. The first-order valence-electron chi connectivity index (χ1n) is 12.9. The largest absolute Gasteiger partial charge is 0.417 e. The van der Waals surface area contributed by atoms with Gasteiger partial charge in [0.2, 0.25) is 0 Å². The van der Waals surface area contributed by atoms with Crippen molar-refractivity contribution < 1.29 is 52.8 Å². The van der Waals surface area contributed by atoms with E-state index >= 15 is 0 Å². The molecule has 0 spiro atoms. The number of sulfonamides is 2. The minimum atomic E-state index is -4.86. The molecular weight excluding hydrogens is 890 g/mol. The van der Waals surface area contributed by atoms with Crippen LogP contribution < -0.4 is 9.44 Å². The van der Waals surface area contributed by atoms with Gasteiger partial charge in [-0.25, -0.2) is 31.9 Å². The van der Waals surface area contributed by atoms with Gasteiger partial charge in [-0.1, -0.05) is 46.4 Å². The van der Waals surface area contributed by atoms with E-state index in [-0.39, 0.29) is 31.7 Å². The summed E-state index contributed by atoms with van der Waals surface area (Å²) < 4.78 is 131. The predicted octanol–water partition coefficient (Wildman–Crippen LogP) is 8.81. The highest BCUT2D eigenvalue weighted by molar-refractivity contribution is 9.10. The summed E-state index contributed by atoms with van der Waals surface area (Å²) in [5.74, 6) is -0.816. The second-order valence-electron chi connectivity index (χ2n) is 9.52. The number of nitrogens with zero attached hydrogens (tertiary/aromatic N) is 3. The monoisotopic (exact) mass is 905 g/mol. The molecule has 24 heteroatoms. The number of amides is 1. The topological polar surface area (TPSA) is 148 Å². The van der Waals surface area contributed by atoms with Crippen molar-refractivity contribution in [2.24, 2.45) is 0 Å². The smallest absolute Gasteiger partial charge is 0.277 e. The Kier molecular flexibility index (Phi) is 13.5. The third kappa shape index (κ3) is 11.0. The number of carbonyl (C=O) groups is 1. The zero-order chi connectivity index (χ0) is 38.7. The lowest BCUT2D eigenvalue weighted by molar-refractivity contribution is -0.138. The molecule has 0 fully saturated rings. The lowest BCUT2D eigenvalue weighted by Crippen LogP contribution is -2.28. The Morgan fingerprint density at radius 3 is 1.59 bits per heavy atom. The van der Waals surface area contributed by atoms with E-state index in [0.717, 1.165) is 41.6 Å². The Hall–Kier alpha value is -3.11. The molecule has 4 rings (SSSR count). The van der Waals surface area contributed by atoms with E-state index in [9.17, 15) is 48.0 Å². The summed E-state index contributed by atoms with van der Waals surface area (Å²) in [5.41, 5.74) is -3.30. The van der Waals surface area contributed by atoms with Crippen molar-refractivity contribution in [2.45, 2.75) is 22.1 Å². The molecule has 0 bridgehead atoms. The van der Waals surface area contributed by atoms with Crippen molar-refractivity contribution in [3.8, 4) is 0 Å². The van der Waals surface area contributed by atoms with Gasteiger partial charge in [-0.05, 0) is 64.5 Å². The number of aromatic nitrogens is 2. The maximum atomic E-state index is 13.0. The molecule has 0 aliphatic rings. The Morgan fingerprint density at radius 1 is 0.745 bits per heavy atom. The highest BCUT2D eigenvalue weighted by Gasteiger charge is 2.36. The number of hydrogen-bond acceptors (Lipinski definition) is 8. The van der Waals surface area contributed by atoms with Crippen LogP contribution in [0.1, 0.15) is 21.6 Å². The SMILES string of the molecule is CON(C)C(=O)c1ncc(Cl)cc1NS(=O)(=O)c1ccc(Cl)c(C(F)(F)F)c1.O=S(=O)(Nc1cc(Cl)cnc1Br)c1ccc(Cl)c(C(F)(F)F)c1. The summed E-state index contributed by atoms with van der Waals surface area (Å²) in [7, 11) is -6.37. The van der Waals surface area contributed by atoms with Gasteiger partial charge in [0, 0.05) is 19.4 Å². The molecule has 0 saturated carbocycles. The average molecular weight is 908 g/mol. The average Bonchev–Trinajstić information content (AvgIpc) is 3.01. The Balaban J connectivity index is 0.000000281. The van der Waals surface area contributed by atoms with Gasteiger partial charge in [0.1, 0.15) is 4.60 Å². The van der Waals surface area contributed by atoms with Crippen molar-refractivity contribution in [3.63, 3.8) is 0 Å². The number of benzene rings is 2. The number of anilines is 2. The van der Waals surface area contributed by atoms with E-state index < -0.39 is 69.3 Å². The van der Waals surface area contributed by atoms with Crippen LogP contribution in [0.15, 0.2) is 75.3 Å². The van der Waals surface area contributed by atoms with Crippen LogP contribution in [-0.2, 0) is 37.2 Å². The van der Waals surface area contributed by atoms with E-state index in [4.69, 9.17) is 51.2 Å². The van der Waals surface area contributed by atoms with Crippen molar-refractivity contribution in [1.29, 1.82) is 0 Å². The van der Waals surface area contributed by atoms with Gasteiger partial charge in [0.15, 0.2) is 5.69 Å². The first-order valence-corrected chi connectivity index (χ1v) is 18.2. The van der Waals surface area contributed by atoms with Crippen LogP contribution in [0.5, 0.6) is 0 Å². The highest BCUT2D eigenvalue weighted by atomic mass is 79.9. The van der Waals surface area contributed by atoms with Gasteiger partial charge >= 0.3 is 12.4 Å². The Labute approximate surface area is 314 Å². The van der Waals surface area contributed by atoms with Gasteiger partial charge < -0.3 is 0 Å². The fourth-order valence-electron chi connectivity index (χ4n) is 3.60. The second kappa shape index (κ2) is 16.3. The number of pyridine rings is 2. The van der Waals surface area contributed by atoms with Crippen LogP contribution in [0.3, 0.4) is 0 Å². The summed E-state index contributed by atoms with van der Waals surface area (Å²) in [6.45, 7) is 0. The first kappa shape index (κ1) is 42.3. The molecule has 2 heterocycles. The minimum Gasteiger partial charge on any atom is -0.277 e. The standard InChI is InChI=1S/C15H12Cl2F3N3O4S.C12H6BrCl2F3N2O2S/c1-23(27-2)14(24)13-12(5-8(16)7-21-13)22-28(25,26)9-3-4-11(17)10(6-9)15(18,19)20;13-11-10(3-6(14)5-19-11)20-23(21,22)7-1-2-9(15)8(4-7)12(16,17)18/h3-7,22H,1-2H3;1-5,20H. The quantitative estimate of drug-likeness (QED) is 0.101. The van der Waals surface area contributed by atoms with E-state index in [1.54, 1.807) is 0 Å². The first-order chi connectivity index (χ1) is 23.4. The van der Waals surface area contributed by atoms with Crippen LogP contribution in [0, 0.1) is 0 Å². The van der Waals surface area contributed by atoms with E-state index in [0.29, 0.717) is 12.1 Å². The van der Waals surface area contributed by atoms with Gasteiger partial charge in [-0.15, -0.1) is 0 Å². The third-order valence-electron chi connectivity index (χ3n) is 6.02.